The predicted molar refractivity (Wildman–Crippen MR) is 86.0 cm³/mol. The Bertz CT molecular complexity index is 764. The lowest BCUT2D eigenvalue weighted by atomic mass is 10.1. The number of morpholine rings is 1. The van der Waals surface area contributed by atoms with Gasteiger partial charge in [0.25, 0.3) is 5.91 Å². The molecule has 1 aliphatic heterocycles. The minimum Gasteiger partial charge on any atom is -0.479 e. The van der Waals surface area contributed by atoms with Crippen molar-refractivity contribution in [2.45, 2.75) is 25.9 Å². The van der Waals surface area contributed by atoms with E-state index in [1.807, 2.05) is 13.1 Å². The van der Waals surface area contributed by atoms with Crippen LogP contribution in [0.3, 0.4) is 0 Å². The van der Waals surface area contributed by atoms with Gasteiger partial charge in [-0.15, -0.1) is 11.3 Å². The van der Waals surface area contributed by atoms with E-state index in [9.17, 15) is 9.59 Å². The minimum atomic E-state index is -1.04. The lowest BCUT2D eigenvalue weighted by Gasteiger charge is -2.30. The number of carbonyl (C=O) groups excluding carboxylic acids is 1. The fourth-order valence-corrected chi connectivity index (χ4v) is 3.78. The fraction of sp³-hybridized carbons (Fsp3) is 0.533. The van der Waals surface area contributed by atoms with Crippen molar-refractivity contribution in [3.63, 3.8) is 0 Å². The summed E-state index contributed by atoms with van der Waals surface area (Å²) in [5, 5.41) is 14.6. The maximum Gasteiger partial charge on any atom is 0.334 e. The summed E-state index contributed by atoms with van der Waals surface area (Å²) >= 11 is 1.39. The molecule has 3 rings (SSSR count). The van der Waals surface area contributed by atoms with Crippen LogP contribution in [0.15, 0.2) is 6.07 Å². The highest BCUT2D eigenvalue weighted by Gasteiger charge is 2.30. The van der Waals surface area contributed by atoms with E-state index in [1.165, 1.54) is 11.3 Å². The molecule has 0 saturated carbocycles. The molecule has 2 aromatic rings. The number of hydrogen-bond acceptors (Lipinski definition) is 5. The molecule has 0 bridgehead atoms. The molecule has 1 N–H and O–H groups in total. The molecule has 1 amide bonds. The van der Waals surface area contributed by atoms with E-state index in [2.05, 4.69) is 18.9 Å². The van der Waals surface area contributed by atoms with Gasteiger partial charge in [-0.05, 0) is 12.0 Å². The molecule has 1 aliphatic rings. The highest BCUT2D eigenvalue weighted by Crippen LogP contribution is 2.32. The summed E-state index contributed by atoms with van der Waals surface area (Å²) in [6, 6.07) is 1.87. The molecule has 0 radical (unpaired) electrons. The lowest BCUT2D eigenvalue weighted by Crippen LogP contribution is -2.48. The van der Waals surface area contributed by atoms with Crippen molar-refractivity contribution >= 4 is 33.4 Å². The monoisotopic (exact) mass is 337 g/mol. The molecule has 0 unspecified atom stereocenters. The molecule has 0 aromatic carbocycles. The number of nitrogens with zero attached hydrogens (tertiary/aromatic N) is 3. The van der Waals surface area contributed by atoms with Gasteiger partial charge in [0, 0.05) is 19.0 Å². The number of aliphatic carboxylic acids is 1. The summed E-state index contributed by atoms with van der Waals surface area (Å²) in [5.41, 5.74) is 0.975. The Hall–Kier alpha value is -1.93. The van der Waals surface area contributed by atoms with Crippen molar-refractivity contribution in [2.75, 3.05) is 19.7 Å². The van der Waals surface area contributed by atoms with E-state index >= 15 is 0 Å². The fourth-order valence-electron chi connectivity index (χ4n) is 2.74. The maximum atomic E-state index is 12.7. The number of rotatable bonds is 3. The van der Waals surface area contributed by atoms with Crippen LogP contribution < -0.4 is 0 Å². The number of carboxylic acids is 1. The van der Waals surface area contributed by atoms with Crippen LogP contribution in [0.1, 0.15) is 35.1 Å². The van der Waals surface area contributed by atoms with Crippen LogP contribution in [0.2, 0.25) is 0 Å². The molecule has 8 heteroatoms. The third-order valence-corrected chi connectivity index (χ3v) is 5.12. The normalized spacial score (nSPS) is 18.8. The van der Waals surface area contributed by atoms with E-state index < -0.39 is 12.1 Å². The Kier molecular flexibility index (Phi) is 4.11. The van der Waals surface area contributed by atoms with Crippen molar-refractivity contribution in [3.05, 3.63) is 16.6 Å². The average Bonchev–Trinajstić information content (AvgIpc) is 3.07. The third-order valence-electron chi connectivity index (χ3n) is 3.93. The van der Waals surface area contributed by atoms with E-state index in [0.29, 0.717) is 11.4 Å². The van der Waals surface area contributed by atoms with Gasteiger partial charge in [0.2, 0.25) is 0 Å². The van der Waals surface area contributed by atoms with Crippen molar-refractivity contribution < 1.29 is 19.4 Å². The number of carbonyl (C=O) groups is 2. The zero-order chi connectivity index (χ0) is 16.7. The van der Waals surface area contributed by atoms with Gasteiger partial charge in [-0.2, -0.15) is 5.10 Å². The molecule has 1 fully saturated rings. The van der Waals surface area contributed by atoms with Gasteiger partial charge in [-0.3, -0.25) is 9.48 Å². The quantitative estimate of drug-likeness (QED) is 0.921. The van der Waals surface area contributed by atoms with Crippen molar-refractivity contribution in [1.29, 1.82) is 0 Å². The minimum absolute atomic E-state index is 0.0811. The molecule has 0 aliphatic carbocycles. The van der Waals surface area contributed by atoms with Gasteiger partial charge in [0.1, 0.15) is 4.83 Å². The van der Waals surface area contributed by atoms with Crippen LogP contribution in [-0.2, 0) is 16.6 Å². The predicted octanol–water partition coefficient (Wildman–Crippen LogP) is 1.68. The summed E-state index contributed by atoms with van der Waals surface area (Å²) in [5.74, 6) is -0.906. The van der Waals surface area contributed by atoms with Gasteiger partial charge in [0.05, 0.1) is 23.7 Å². The van der Waals surface area contributed by atoms with Gasteiger partial charge in [0.15, 0.2) is 6.10 Å². The van der Waals surface area contributed by atoms with Gasteiger partial charge in [-0.25, -0.2) is 4.79 Å². The summed E-state index contributed by atoms with van der Waals surface area (Å²) < 4.78 is 6.96. The smallest absolute Gasteiger partial charge is 0.334 e. The molecule has 7 nitrogen and oxygen atoms in total. The Balaban J connectivity index is 1.89. The van der Waals surface area contributed by atoms with E-state index in [4.69, 9.17) is 9.84 Å². The lowest BCUT2D eigenvalue weighted by molar-refractivity contribution is -0.154. The van der Waals surface area contributed by atoms with Gasteiger partial charge >= 0.3 is 5.97 Å². The molecule has 1 atom stereocenters. The highest BCUT2D eigenvalue weighted by atomic mass is 32.1. The summed E-state index contributed by atoms with van der Waals surface area (Å²) in [6.45, 7) is 4.87. The van der Waals surface area contributed by atoms with Crippen LogP contribution >= 0.6 is 11.3 Å². The molecule has 0 spiro atoms. The first-order valence-corrected chi connectivity index (χ1v) is 8.30. The molecule has 3 heterocycles. The number of carboxylic acid groups (broad SMARTS) is 1. The van der Waals surface area contributed by atoms with Gasteiger partial charge in [-0.1, -0.05) is 13.8 Å². The second-order valence-electron chi connectivity index (χ2n) is 5.94. The van der Waals surface area contributed by atoms with Crippen LogP contribution in [0.4, 0.5) is 0 Å². The Labute approximate surface area is 137 Å². The van der Waals surface area contributed by atoms with Crippen molar-refractivity contribution in [1.82, 2.24) is 14.7 Å². The van der Waals surface area contributed by atoms with Crippen LogP contribution in [-0.4, -0.2) is 57.5 Å². The van der Waals surface area contributed by atoms with Crippen molar-refractivity contribution in [3.8, 4) is 0 Å². The number of fused-ring (bicyclic) bond motifs is 1. The Morgan fingerprint density at radius 1 is 1.48 bits per heavy atom. The number of thiophene rings is 1. The maximum absolute atomic E-state index is 12.7. The summed E-state index contributed by atoms with van der Waals surface area (Å²) in [7, 11) is 1.87. The highest BCUT2D eigenvalue weighted by molar-refractivity contribution is 7.20. The molecule has 23 heavy (non-hydrogen) atoms. The van der Waals surface area contributed by atoms with E-state index in [-0.39, 0.29) is 25.0 Å². The van der Waals surface area contributed by atoms with Crippen LogP contribution in [0.25, 0.3) is 10.2 Å². The van der Waals surface area contributed by atoms with E-state index in [0.717, 1.165) is 15.9 Å². The molecule has 1 saturated heterocycles. The van der Waals surface area contributed by atoms with Crippen LogP contribution in [0, 0.1) is 0 Å². The topological polar surface area (TPSA) is 84.7 Å². The number of aryl methyl sites for hydroxylation is 1. The molecule has 2 aromatic heterocycles. The first-order valence-electron chi connectivity index (χ1n) is 7.48. The van der Waals surface area contributed by atoms with Crippen LogP contribution in [0.5, 0.6) is 0 Å². The number of hydrogen-bond donors (Lipinski definition) is 1. The molecule has 124 valence electrons. The van der Waals surface area contributed by atoms with E-state index in [1.54, 1.807) is 9.58 Å². The molecular formula is C15H19N3O4S. The molecular weight excluding hydrogens is 318 g/mol. The zero-order valence-electron chi connectivity index (χ0n) is 13.3. The number of ether oxygens (including phenoxy) is 1. The largest absolute Gasteiger partial charge is 0.479 e. The Morgan fingerprint density at radius 3 is 2.87 bits per heavy atom. The Morgan fingerprint density at radius 2 is 2.22 bits per heavy atom. The summed E-state index contributed by atoms with van der Waals surface area (Å²) in [6.07, 6.45) is -0.949. The first kappa shape index (κ1) is 15.9. The second-order valence-corrected chi connectivity index (χ2v) is 6.97. The van der Waals surface area contributed by atoms with Gasteiger partial charge < -0.3 is 14.7 Å². The average molecular weight is 337 g/mol. The second kappa shape index (κ2) is 5.93. The summed E-state index contributed by atoms with van der Waals surface area (Å²) in [4.78, 5) is 26.9. The standard InChI is InChI=1S/C15H19N3O4S/c1-8(2)12-9-6-11(23-14(9)17(3)16-12)13(19)18-4-5-22-10(7-18)15(20)21/h6,8,10H,4-5,7H2,1-3H3,(H,20,21)/t10-/m0/s1. The first-order chi connectivity index (χ1) is 10.9. The van der Waals surface area contributed by atoms with Crippen molar-refractivity contribution in [2.24, 2.45) is 7.05 Å². The number of amides is 1. The number of aromatic nitrogens is 2. The zero-order valence-corrected chi connectivity index (χ0v) is 14.1. The third kappa shape index (κ3) is 2.84. The SMILES string of the molecule is CC(C)c1nn(C)c2sc(C(=O)N3CCO[C@H](C(=O)O)C3)cc12.